The molecule has 3 N–H and O–H groups in total. The molecule has 0 saturated carbocycles. The van der Waals surface area contributed by atoms with Crippen LogP contribution in [-0.2, 0) is 0 Å². The summed E-state index contributed by atoms with van der Waals surface area (Å²) in [6.07, 6.45) is 1.99. The number of hydrogen-bond acceptors (Lipinski definition) is 2. The minimum absolute atomic E-state index is 0.0165. The summed E-state index contributed by atoms with van der Waals surface area (Å²) in [5, 5.41) is 2.93. The number of hydrogen-bond donors (Lipinski definition) is 2. The van der Waals surface area contributed by atoms with E-state index in [4.69, 9.17) is 5.73 Å². The number of nitrogens with one attached hydrogen (secondary N) is 1. The first-order chi connectivity index (χ1) is 7.05. The number of urea groups is 1. The van der Waals surface area contributed by atoms with Crippen LogP contribution in [-0.4, -0.2) is 37.6 Å². The smallest absolute Gasteiger partial charge is 0.317 e. The molecule has 0 radical (unpaired) electrons. The van der Waals surface area contributed by atoms with Crippen LogP contribution in [0.1, 0.15) is 33.6 Å². The highest BCUT2D eigenvalue weighted by Gasteiger charge is 2.25. The third-order valence-electron chi connectivity index (χ3n) is 3.37. The van der Waals surface area contributed by atoms with Crippen molar-refractivity contribution in [1.82, 2.24) is 10.2 Å². The van der Waals surface area contributed by atoms with Gasteiger partial charge in [-0.25, -0.2) is 4.79 Å². The number of carbonyl (C=O) groups excluding carboxylic acids is 1. The molecule has 0 fully saturated rings. The van der Waals surface area contributed by atoms with Crippen LogP contribution >= 0.6 is 0 Å². The van der Waals surface area contributed by atoms with E-state index in [0.717, 1.165) is 19.4 Å². The Morgan fingerprint density at radius 2 is 1.87 bits per heavy atom. The summed E-state index contributed by atoms with van der Waals surface area (Å²) < 4.78 is 0. The highest BCUT2D eigenvalue weighted by Crippen LogP contribution is 2.23. The highest BCUT2D eigenvalue weighted by atomic mass is 16.2. The molecule has 0 aliphatic heterocycles. The van der Waals surface area contributed by atoms with Crippen LogP contribution in [0.2, 0.25) is 0 Å². The van der Waals surface area contributed by atoms with E-state index in [9.17, 15) is 4.79 Å². The SMILES string of the molecule is CCN(C)C(=O)NCC(CC)(CC)CN. The van der Waals surface area contributed by atoms with Crippen LogP contribution in [0.15, 0.2) is 0 Å². The third-order valence-corrected chi connectivity index (χ3v) is 3.37. The highest BCUT2D eigenvalue weighted by molar-refractivity contribution is 5.73. The summed E-state index contributed by atoms with van der Waals surface area (Å²) in [6.45, 7) is 8.20. The summed E-state index contributed by atoms with van der Waals surface area (Å²) in [5.74, 6) is 0. The van der Waals surface area contributed by atoms with Gasteiger partial charge in [-0.2, -0.15) is 0 Å². The first-order valence-electron chi connectivity index (χ1n) is 5.74. The Hall–Kier alpha value is -0.770. The first-order valence-corrected chi connectivity index (χ1v) is 5.74. The van der Waals surface area contributed by atoms with Gasteiger partial charge in [-0.1, -0.05) is 13.8 Å². The Morgan fingerprint density at radius 3 is 2.20 bits per heavy atom. The van der Waals surface area contributed by atoms with Gasteiger partial charge in [-0.15, -0.1) is 0 Å². The van der Waals surface area contributed by atoms with Crippen LogP contribution in [0.3, 0.4) is 0 Å². The topological polar surface area (TPSA) is 58.4 Å². The molecular weight excluding hydrogens is 190 g/mol. The molecule has 4 heteroatoms. The standard InChI is InChI=1S/C11H25N3O/c1-5-11(6-2,8-12)9-13-10(15)14(4)7-3/h5-9,12H2,1-4H3,(H,13,15). The van der Waals surface area contributed by atoms with E-state index in [0.29, 0.717) is 13.1 Å². The Balaban J connectivity index is 4.16. The molecule has 0 rings (SSSR count). The average molecular weight is 215 g/mol. The maximum atomic E-state index is 11.5. The number of rotatable bonds is 6. The Kier molecular flexibility index (Phi) is 6.32. The zero-order valence-corrected chi connectivity index (χ0v) is 10.5. The predicted octanol–water partition coefficient (Wildman–Crippen LogP) is 1.41. The quantitative estimate of drug-likeness (QED) is 0.704. The van der Waals surface area contributed by atoms with Crippen molar-refractivity contribution >= 4 is 6.03 Å². The van der Waals surface area contributed by atoms with Crippen molar-refractivity contribution in [2.75, 3.05) is 26.7 Å². The van der Waals surface area contributed by atoms with Gasteiger partial charge >= 0.3 is 6.03 Å². The van der Waals surface area contributed by atoms with E-state index in [2.05, 4.69) is 19.2 Å². The van der Waals surface area contributed by atoms with E-state index >= 15 is 0 Å². The molecule has 4 nitrogen and oxygen atoms in total. The zero-order valence-electron chi connectivity index (χ0n) is 10.5. The van der Waals surface area contributed by atoms with Crippen molar-refractivity contribution in [3.8, 4) is 0 Å². The van der Waals surface area contributed by atoms with Gasteiger partial charge in [0.2, 0.25) is 0 Å². The van der Waals surface area contributed by atoms with Gasteiger partial charge in [0.1, 0.15) is 0 Å². The van der Waals surface area contributed by atoms with Crippen molar-refractivity contribution in [3.05, 3.63) is 0 Å². The van der Waals surface area contributed by atoms with Crippen molar-refractivity contribution in [1.29, 1.82) is 0 Å². The summed E-state index contributed by atoms with van der Waals surface area (Å²) in [7, 11) is 1.79. The molecule has 15 heavy (non-hydrogen) atoms. The molecule has 0 aromatic rings. The molecular formula is C11H25N3O. The van der Waals surface area contributed by atoms with E-state index in [1.807, 2.05) is 6.92 Å². The van der Waals surface area contributed by atoms with Crippen molar-refractivity contribution in [2.24, 2.45) is 11.1 Å². The fraction of sp³-hybridized carbons (Fsp3) is 0.909. The summed E-state index contributed by atoms with van der Waals surface area (Å²) in [5.41, 5.74) is 5.82. The normalized spacial score (nSPS) is 11.3. The number of carbonyl (C=O) groups is 1. The van der Waals surface area contributed by atoms with Crippen molar-refractivity contribution < 1.29 is 4.79 Å². The summed E-state index contributed by atoms with van der Waals surface area (Å²) in [4.78, 5) is 13.2. The number of nitrogens with two attached hydrogens (primary N) is 1. The molecule has 0 heterocycles. The molecule has 0 atom stereocenters. The molecule has 0 saturated heterocycles. The van der Waals surface area contributed by atoms with Crippen LogP contribution in [0.5, 0.6) is 0 Å². The lowest BCUT2D eigenvalue weighted by Gasteiger charge is -2.31. The van der Waals surface area contributed by atoms with E-state index < -0.39 is 0 Å². The number of amides is 2. The van der Waals surface area contributed by atoms with Gasteiger partial charge < -0.3 is 16.0 Å². The largest absolute Gasteiger partial charge is 0.337 e. The fourth-order valence-electron chi connectivity index (χ4n) is 1.40. The minimum Gasteiger partial charge on any atom is -0.337 e. The van der Waals surface area contributed by atoms with E-state index in [1.165, 1.54) is 0 Å². The molecule has 0 unspecified atom stereocenters. The van der Waals surface area contributed by atoms with Gasteiger partial charge in [0.05, 0.1) is 0 Å². The molecule has 90 valence electrons. The maximum Gasteiger partial charge on any atom is 0.317 e. The van der Waals surface area contributed by atoms with Crippen LogP contribution in [0.4, 0.5) is 4.79 Å². The van der Waals surface area contributed by atoms with E-state index in [1.54, 1.807) is 11.9 Å². The van der Waals surface area contributed by atoms with E-state index in [-0.39, 0.29) is 11.4 Å². The zero-order chi connectivity index (χ0) is 11.9. The molecule has 0 aliphatic rings. The summed E-state index contributed by atoms with van der Waals surface area (Å²) in [6, 6.07) is -0.0165. The lowest BCUT2D eigenvalue weighted by molar-refractivity contribution is 0.197. The van der Waals surface area contributed by atoms with Crippen LogP contribution < -0.4 is 11.1 Å². The molecule has 0 aromatic carbocycles. The third kappa shape index (κ3) is 4.08. The number of nitrogens with zero attached hydrogens (tertiary/aromatic N) is 1. The molecule has 0 spiro atoms. The second kappa shape index (κ2) is 6.67. The van der Waals surface area contributed by atoms with Crippen molar-refractivity contribution in [2.45, 2.75) is 33.6 Å². The monoisotopic (exact) mass is 215 g/mol. The lowest BCUT2D eigenvalue weighted by atomic mass is 9.82. The molecule has 0 aromatic heterocycles. The molecule has 0 aliphatic carbocycles. The second-order valence-corrected chi connectivity index (χ2v) is 4.08. The Labute approximate surface area is 93.2 Å². The summed E-state index contributed by atoms with van der Waals surface area (Å²) >= 11 is 0. The van der Waals surface area contributed by atoms with Gasteiger partial charge in [0.15, 0.2) is 0 Å². The van der Waals surface area contributed by atoms with Crippen LogP contribution in [0, 0.1) is 5.41 Å². The first kappa shape index (κ1) is 14.2. The minimum atomic E-state index is -0.0165. The fourth-order valence-corrected chi connectivity index (χ4v) is 1.40. The van der Waals surface area contributed by atoms with Gasteiger partial charge in [-0.05, 0) is 31.7 Å². The van der Waals surface area contributed by atoms with Gasteiger partial charge in [0, 0.05) is 20.1 Å². The lowest BCUT2D eigenvalue weighted by Crippen LogP contribution is -2.45. The maximum absolute atomic E-state index is 11.5. The van der Waals surface area contributed by atoms with Crippen molar-refractivity contribution in [3.63, 3.8) is 0 Å². The molecule has 0 bridgehead atoms. The Bertz CT molecular complexity index is 182. The Morgan fingerprint density at radius 1 is 1.33 bits per heavy atom. The van der Waals surface area contributed by atoms with Gasteiger partial charge in [0.25, 0.3) is 0 Å². The second-order valence-electron chi connectivity index (χ2n) is 4.08. The molecule has 2 amide bonds. The van der Waals surface area contributed by atoms with Crippen LogP contribution in [0.25, 0.3) is 0 Å². The predicted molar refractivity (Wildman–Crippen MR) is 63.8 cm³/mol. The van der Waals surface area contributed by atoms with Gasteiger partial charge in [-0.3, -0.25) is 0 Å². The average Bonchev–Trinajstić information content (AvgIpc) is 2.30.